The smallest absolute Gasteiger partial charge is 0.159 e. The highest BCUT2D eigenvalue weighted by Crippen LogP contribution is 2.28. The van der Waals surface area contributed by atoms with Crippen LogP contribution in [0.5, 0.6) is 11.5 Å². The first-order chi connectivity index (χ1) is 6.13. The maximum absolute atomic E-state index is 9.09. The van der Waals surface area contributed by atoms with Crippen LogP contribution in [-0.4, -0.2) is 21.9 Å². The van der Waals surface area contributed by atoms with E-state index in [4.69, 9.17) is 27.5 Å². The molecule has 0 amide bonds. The largest absolute Gasteiger partial charge is 0.504 e. The standard InChI is InChI=1S/C8H9ClN2O2/c9-4-8(10)11-5-1-2-6(12)7(13)3-5/h1-3,12-13H,4H2,(H2,10,11). The molecule has 0 aliphatic heterocycles. The average molecular weight is 201 g/mol. The predicted molar refractivity (Wildman–Crippen MR) is 51.8 cm³/mol. The van der Waals surface area contributed by atoms with Crippen LogP contribution in [-0.2, 0) is 0 Å². The number of amidine groups is 1. The van der Waals surface area contributed by atoms with Gasteiger partial charge < -0.3 is 15.9 Å². The van der Waals surface area contributed by atoms with Crippen molar-refractivity contribution in [3.8, 4) is 11.5 Å². The number of aromatic hydroxyl groups is 2. The number of halogens is 1. The summed E-state index contributed by atoms with van der Waals surface area (Å²) in [6.45, 7) is 0. The van der Waals surface area contributed by atoms with Crippen molar-refractivity contribution in [3.63, 3.8) is 0 Å². The van der Waals surface area contributed by atoms with E-state index in [0.29, 0.717) is 5.69 Å². The van der Waals surface area contributed by atoms with Crippen LogP contribution in [0.4, 0.5) is 5.69 Å². The lowest BCUT2D eigenvalue weighted by molar-refractivity contribution is 0.404. The van der Waals surface area contributed by atoms with Gasteiger partial charge in [0.2, 0.25) is 0 Å². The van der Waals surface area contributed by atoms with Crippen molar-refractivity contribution in [2.24, 2.45) is 10.7 Å². The fraction of sp³-hybridized carbons (Fsp3) is 0.125. The Kier molecular flexibility index (Phi) is 2.97. The van der Waals surface area contributed by atoms with Crippen LogP contribution in [0.3, 0.4) is 0 Å². The molecule has 0 saturated heterocycles. The number of benzene rings is 1. The maximum Gasteiger partial charge on any atom is 0.159 e. The third kappa shape index (κ3) is 2.52. The van der Waals surface area contributed by atoms with Crippen LogP contribution in [0.25, 0.3) is 0 Å². The van der Waals surface area contributed by atoms with Gasteiger partial charge in [-0.3, -0.25) is 0 Å². The van der Waals surface area contributed by atoms with E-state index in [0.717, 1.165) is 0 Å². The van der Waals surface area contributed by atoms with Gasteiger partial charge >= 0.3 is 0 Å². The van der Waals surface area contributed by atoms with E-state index >= 15 is 0 Å². The molecule has 5 heteroatoms. The molecule has 0 radical (unpaired) electrons. The molecule has 4 nitrogen and oxygen atoms in total. The molecular weight excluding hydrogens is 192 g/mol. The van der Waals surface area contributed by atoms with Crippen molar-refractivity contribution >= 4 is 23.1 Å². The number of rotatable bonds is 2. The zero-order chi connectivity index (χ0) is 9.84. The quantitative estimate of drug-likeness (QED) is 0.292. The Labute approximate surface area is 80.3 Å². The Morgan fingerprint density at radius 3 is 2.62 bits per heavy atom. The average Bonchev–Trinajstić information content (AvgIpc) is 2.11. The van der Waals surface area contributed by atoms with Crippen molar-refractivity contribution in [1.82, 2.24) is 0 Å². The van der Waals surface area contributed by atoms with Gasteiger partial charge in [-0.1, -0.05) is 0 Å². The van der Waals surface area contributed by atoms with Gasteiger partial charge in [0.25, 0.3) is 0 Å². The summed E-state index contributed by atoms with van der Waals surface area (Å²) in [5.41, 5.74) is 5.82. The minimum absolute atomic E-state index is 0.127. The van der Waals surface area contributed by atoms with E-state index in [1.54, 1.807) is 0 Å². The first-order valence-electron chi connectivity index (χ1n) is 3.54. The van der Waals surface area contributed by atoms with Crippen LogP contribution in [0, 0.1) is 0 Å². The monoisotopic (exact) mass is 200 g/mol. The highest BCUT2D eigenvalue weighted by atomic mass is 35.5. The summed E-state index contributed by atoms with van der Waals surface area (Å²) < 4.78 is 0. The first kappa shape index (κ1) is 9.67. The van der Waals surface area contributed by atoms with Gasteiger partial charge in [0, 0.05) is 6.07 Å². The Morgan fingerprint density at radius 1 is 1.38 bits per heavy atom. The van der Waals surface area contributed by atoms with Gasteiger partial charge in [-0.05, 0) is 12.1 Å². The highest BCUT2D eigenvalue weighted by Gasteiger charge is 1.99. The van der Waals surface area contributed by atoms with E-state index in [9.17, 15) is 0 Å². The molecule has 0 heterocycles. The van der Waals surface area contributed by atoms with Gasteiger partial charge in [-0.15, -0.1) is 11.6 Å². The molecule has 0 aromatic heterocycles. The second-order valence-corrected chi connectivity index (χ2v) is 2.68. The summed E-state index contributed by atoms with van der Waals surface area (Å²) in [4.78, 5) is 3.87. The number of aliphatic imine (C=N–C) groups is 1. The molecule has 0 bridgehead atoms. The second kappa shape index (κ2) is 4.00. The van der Waals surface area contributed by atoms with E-state index in [-0.39, 0.29) is 23.2 Å². The van der Waals surface area contributed by atoms with Crippen molar-refractivity contribution in [2.45, 2.75) is 0 Å². The van der Waals surface area contributed by atoms with Crippen molar-refractivity contribution in [1.29, 1.82) is 0 Å². The van der Waals surface area contributed by atoms with Crippen LogP contribution >= 0.6 is 11.6 Å². The number of hydrogen-bond donors (Lipinski definition) is 3. The van der Waals surface area contributed by atoms with E-state index in [1.165, 1.54) is 18.2 Å². The lowest BCUT2D eigenvalue weighted by atomic mass is 10.3. The van der Waals surface area contributed by atoms with E-state index < -0.39 is 0 Å². The Bertz CT molecular complexity index is 339. The first-order valence-corrected chi connectivity index (χ1v) is 4.08. The normalized spacial score (nSPS) is 11.6. The van der Waals surface area contributed by atoms with Crippen molar-refractivity contribution in [2.75, 3.05) is 5.88 Å². The molecule has 13 heavy (non-hydrogen) atoms. The maximum atomic E-state index is 9.09. The van der Waals surface area contributed by atoms with Crippen molar-refractivity contribution in [3.05, 3.63) is 18.2 Å². The van der Waals surface area contributed by atoms with Crippen LogP contribution in [0.2, 0.25) is 0 Å². The molecule has 0 unspecified atom stereocenters. The molecule has 0 aliphatic rings. The van der Waals surface area contributed by atoms with Gasteiger partial charge in [0.05, 0.1) is 11.6 Å². The summed E-state index contributed by atoms with van der Waals surface area (Å²) in [5, 5.41) is 18.1. The minimum Gasteiger partial charge on any atom is -0.504 e. The summed E-state index contributed by atoms with van der Waals surface area (Å²) in [5.74, 6) is -0.0412. The van der Waals surface area contributed by atoms with Crippen LogP contribution in [0.15, 0.2) is 23.2 Å². The molecule has 0 aliphatic carbocycles. The van der Waals surface area contributed by atoms with Gasteiger partial charge in [-0.25, -0.2) is 4.99 Å². The Balaban J connectivity index is 2.98. The number of hydrogen-bond acceptors (Lipinski definition) is 3. The van der Waals surface area contributed by atoms with Gasteiger partial charge in [0.1, 0.15) is 5.84 Å². The van der Waals surface area contributed by atoms with Crippen LogP contribution in [0.1, 0.15) is 0 Å². The molecule has 4 N–H and O–H groups in total. The predicted octanol–water partition coefficient (Wildman–Crippen LogP) is 1.33. The number of phenols is 2. The summed E-state index contributed by atoms with van der Waals surface area (Å²) >= 11 is 5.41. The molecule has 1 rings (SSSR count). The SMILES string of the molecule is NC(CCl)=Nc1ccc(O)c(O)c1. The molecular formula is C8H9ClN2O2. The van der Waals surface area contributed by atoms with E-state index in [1.807, 2.05) is 0 Å². The molecule has 0 saturated carbocycles. The molecule has 0 fully saturated rings. The fourth-order valence-electron chi connectivity index (χ4n) is 0.777. The minimum atomic E-state index is -0.233. The summed E-state index contributed by atoms with van der Waals surface area (Å²) in [6, 6.07) is 4.15. The number of nitrogens with two attached hydrogens (primary N) is 1. The third-order valence-corrected chi connectivity index (χ3v) is 1.64. The lowest BCUT2D eigenvalue weighted by Gasteiger charge is -1.99. The van der Waals surface area contributed by atoms with Crippen molar-refractivity contribution < 1.29 is 10.2 Å². The summed E-state index contributed by atoms with van der Waals surface area (Å²) in [6.07, 6.45) is 0. The van der Waals surface area contributed by atoms with E-state index in [2.05, 4.69) is 4.99 Å². The Morgan fingerprint density at radius 2 is 2.08 bits per heavy atom. The molecule has 0 atom stereocenters. The second-order valence-electron chi connectivity index (χ2n) is 2.41. The number of alkyl halides is 1. The molecule has 1 aromatic carbocycles. The Hall–Kier alpha value is -1.42. The van der Waals surface area contributed by atoms with Crippen LogP contribution < -0.4 is 5.73 Å². The third-order valence-electron chi connectivity index (χ3n) is 1.37. The zero-order valence-electron chi connectivity index (χ0n) is 6.74. The van der Waals surface area contributed by atoms with Gasteiger partial charge in [-0.2, -0.15) is 0 Å². The molecule has 1 aromatic rings. The van der Waals surface area contributed by atoms with Gasteiger partial charge in [0.15, 0.2) is 11.5 Å². The zero-order valence-corrected chi connectivity index (χ0v) is 7.49. The fourth-order valence-corrected chi connectivity index (χ4v) is 0.837. The highest BCUT2D eigenvalue weighted by molar-refractivity contribution is 6.28. The lowest BCUT2D eigenvalue weighted by Crippen LogP contribution is -2.12. The number of phenolic OH excluding ortho intramolecular Hbond substituents is 2. The number of nitrogens with zero attached hydrogens (tertiary/aromatic N) is 1. The molecule has 70 valence electrons. The topological polar surface area (TPSA) is 78.8 Å². The molecule has 0 spiro atoms. The summed E-state index contributed by atoms with van der Waals surface area (Å²) in [7, 11) is 0.